The maximum absolute atomic E-state index is 12.5. The fraction of sp³-hybridized carbons (Fsp3) is 0.349. The van der Waals surface area contributed by atoms with Crippen LogP contribution in [0, 0.1) is 6.92 Å². The highest BCUT2D eigenvalue weighted by Crippen LogP contribution is 2.52. The number of hydrogen-bond acceptors (Lipinski definition) is 10. The minimum Gasteiger partial charge on any atom is -0.481 e. The Morgan fingerprint density at radius 2 is 1.30 bits per heavy atom. The third-order valence-electron chi connectivity index (χ3n) is 11.7. The zero-order valence-corrected chi connectivity index (χ0v) is 38.4. The van der Waals surface area contributed by atoms with Gasteiger partial charge in [-0.2, -0.15) is 38.2 Å². The van der Waals surface area contributed by atoms with Gasteiger partial charge in [-0.3, -0.25) is 23.0 Å². The largest absolute Gasteiger partial charge is 0.481 e. The summed E-state index contributed by atoms with van der Waals surface area (Å²) in [5.74, 6) is -1.42. The van der Waals surface area contributed by atoms with Crippen LogP contribution in [-0.4, -0.2) is 92.1 Å². The van der Waals surface area contributed by atoms with Crippen LogP contribution in [0.2, 0.25) is 0 Å². The van der Waals surface area contributed by atoms with E-state index >= 15 is 0 Å². The lowest BCUT2D eigenvalue weighted by atomic mass is 9.78. The standard InChI is InChI=1S/C43H48N2O14S4/c1-27-23-28(61(51,52)53)24-32-30(27)16-18-34-40(32)42(2,3)38(45(34)21-12-22-60(48,49)50)14-9-6-8-13-37-43(4,5)41-33-25-29(62(54,55)56)26-36(63(57,58)59)31(33)17-19-35(41)44(37)20-11-7-10-15-39(46)47/h6,8-9,13-14,16-19,23-26H,7,10-12,15,20-22H2,1-5H3,(H4-,46,47,48,49,50,51,52,53,54,55,56,57,58,59)/p+1. The summed E-state index contributed by atoms with van der Waals surface area (Å²) in [7, 11) is -18.7. The maximum Gasteiger partial charge on any atom is 0.303 e. The van der Waals surface area contributed by atoms with E-state index in [1.807, 2.05) is 61.5 Å². The molecule has 2 heterocycles. The van der Waals surface area contributed by atoms with Gasteiger partial charge in [0.1, 0.15) is 11.4 Å². The van der Waals surface area contributed by atoms with Gasteiger partial charge in [0, 0.05) is 59.3 Å². The molecule has 63 heavy (non-hydrogen) atoms. The molecule has 4 aromatic rings. The number of benzene rings is 4. The van der Waals surface area contributed by atoms with E-state index in [0.717, 1.165) is 16.7 Å². The van der Waals surface area contributed by atoms with Gasteiger partial charge in [0.25, 0.3) is 40.5 Å². The van der Waals surface area contributed by atoms with E-state index in [1.54, 1.807) is 31.2 Å². The van der Waals surface area contributed by atoms with Crippen molar-refractivity contribution < 1.29 is 66.4 Å². The highest BCUT2D eigenvalue weighted by Gasteiger charge is 2.46. The number of allylic oxidation sites excluding steroid dienone is 6. The fourth-order valence-corrected chi connectivity index (χ4v) is 11.4. The second-order valence-electron chi connectivity index (χ2n) is 16.8. The molecule has 16 nitrogen and oxygen atoms in total. The molecular weight excluding hydrogens is 897 g/mol. The summed E-state index contributed by atoms with van der Waals surface area (Å²) in [6.07, 6.45) is 10.6. The summed E-state index contributed by atoms with van der Waals surface area (Å²) >= 11 is 0. The Morgan fingerprint density at radius 1 is 0.683 bits per heavy atom. The van der Waals surface area contributed by atoms with Crippen molar-refractivity contribution in [3.63, 3.8) is 0 Å². The van der Waals surface area contributed by atoms with Crippen molar-refractivity contribution in [2.75, 3.05) is 23.7 Å². The second-order valence-corrected chi connectivity index (χ2v) is 22.6. The molecule has 0 aliphatic carbocycles. The molecule has 0 fully saturated rings. The minimum atomic E-state index is -4.96. The summed E-state index contributed by atoms with van der Waals surface area (Å²) in [6.45, 7) is 9.90. The third kappa shape index (κ3) is 9.68. The molecule has 0 unspecified atom stereocenters. The monoisotopic (exact) mass is 945 g/mol. The Hall–Kier alpha value is -4.80. The summed E-state index contributed by atoms with van der Waals surface area (Å²) in [5, 5.41) is 10.7. The number of carboxylic acids is 1. The van der Waals surface area contributed by atoms with E-state index in [9.17, 15) is 56.7 Å². The molecule has 2 aliphatic heterocycles. The smallest absolute Gasteiger partial charge is 0.303 e. The molecule has 0 saturated heterocycles. The molecule has 5 N–H and O–H groups in total. The molecule has 0 saturated carbocycles. The molecule has 0 spiro atoms. The number of fused-ring (bicyclic) bond motifs is 6. The van der Waals surface area contributed by atoms with Crippen LogP contribution in [0.1, 0.15) is 76.5 Å². The summed E-state index contributed by atoms with van der Waals surface area (Å²) in [5.41, 5.74) is 2.88. The molecule has 0 bridgehead atoms. The molecule has 4 aromatic carbocycles. The highest BCUT2D eigenvalue weighted by molar-refractivity contribution is 7.87. The van der Waals surface area contributed by atoms with Crippen LogP contribution < -0.4 is 4.90 Å². The van der Waals surface area contributed by atoms with Gasteiger partial charge in [-0.15, -0.1) is 0 Å². The molecule has 6 rings (SSSR count). The Kier molecular flexibility index (Phi) is 12.8. The predicted molar refractivity (Wildman–Crippen MR) is 239 cm³/mol. The van der Waals surface area contributed by atoms with Crippen LogP contribution >= 0.6 is 0 Å². The lowest BCUT2D eigenvalue weighted by molar-refractivity contribution is -0.437. The number of hydrogen-bond donors (Lipinski definition) is 5. The zero-order chi connectivity index (χ0) is 46.7. The Balaban J connectivity index is 1.45. The average Bonchev–Trinajstić information content (AvgIpc) is 3.50. The van der Waals surface area contributed by atoms with E-state index in [-0.39, 0.29) is 35.1 Å². The Bertz CT molecular complexity index is 3170. The summed E-state index contributed by atoms with van der Waals surface area (Å²) in [4.78, 5) is 11.5. The Morgan fingerprint density at radius 3 is 1.90 bits per heavy atom. The lowest BCUT2D eigenvalue weighted by Gasteiger charge is -2.27. The fourth-order valence-electron chi connectivity index (χ4n) is 8.97. The van der Waals surface area contributed by atoms with Gasteiger partial charge in [-0.25, -0.2) is 0 Å². The van der Waals surface area contributed by atoms with Crippen LogP contribution in [0.25, 0.3) is 21.5 Å². The van der Waals surface area contributed by atoms with Crippen LogP contribution in [0.5, 0.6) is 0 Å². The van der Waals surface area contributed by atoms with Gasteiger partial charge in [-0.1, -0.05) is 44.6 Å². The van der Waals surface area contributed by atoms with E-state index in [4.69, 9.17) is 5.11 Å². The van der Waals surface area contributed by atoms with Crippen LogP contribution in [0.15, 0.2) is 99.3 Å². The highest BCUT2D eigenvalue weighted by atomic mass is 32.2. The molecule has 20 heteroatoms. The number of rotatable bonds is 16. The first-order valence-electron chi connectivity index (χ1n) is 19.8. The molecular formula is C43H49N2O14S4+. The zero-order valence-electron chi connectivity index (χ0n) is 35.1. The molecule has 0 radical (unpaired) electrons. The molecule has 0 amide bonds. The predicted octanol–water partition coefficient (Wildman–Crippen LogP) is 7.13. The summed E-state index contributed by atoms with van der Waals surface area (Å²) < 4.78 is 139. The SMILES string of the molecule is Cc1cc(S(=O)(=O)O)cc2c3c(ccc12)[N+](CCCS(=O)(=O)O)=C(/C=C/C=C/C=C1/N(CCCCCC(=O)O)c2ccc4c(S(=O)(=O)O)cc(S(=O)(=O)O)cc4c2C1(C)C)C3(C)C. The van der Waals surface area contributed by atoms with Crippen molar-refractivity contribution in [1.29, 1.82) is 0 Å². The first-order chi connectivity index (χ1) is 29.0. The topological polar surface area (TPSA) is 261 Å². The van der Waals surface area contributed by atoms with E-state index in [0.29, 0.717) is 65.5 Å². The molecule has 338 valence electrons. The van der Waals surface area contributed by atoms with Crippen molar-refractivity contribution in [3.05, 3.63) is 101 Å². The number of nitrogens with zero attached hydrogens (tertiary/aromatic N) is 2. The van der Waals surface area contributed by atoms with Crippen molar-refractivity contribution in [2.45, 2.75) is 92.2 Å². The average molecular weight is 946 g/mol. The van der Waals surface area contributed by atoms with Gasteiger partial charge in [0.05, 0.1) is 21.0 Å². The third-order valence-corrected chi connectivity index (χ3v) is 15.1. The van der Waals surface area contributed by atoms with E-state index < -0.39 is 72.8 Å². The second kappa shape index (κ2) is 17.0. The number of carboxylic acid groups (broad SMARTS) is 1. The number of aliphatic carboxylic acids is 1. The number of aryl methyl sites for hydroxylation is 1. The number of carbonyl (C=O) groups is 1. The van der Waals surface area contributed by atoms with Crippen molar-refractivity contribution >= 4 is 85.1 Å². The van der Waals surface area contributed by atoms with Crippen molar-refractivity contribution in [3.8, 4) is 0 Å². The minimum absolute atomic E-state index is 0.0123. The molecule has 0 aromatic heterocycles. The summed E-state index contributed by atoms with van der Waals surface area (Å²) in [6, 6.07) is 11.5. The molecule has 0 atom stereocenters. The number of anilines is 1. The van der Waals surface area contributed by atoms with Crippen LogP contribution in [-0.2, 0) is 56.1 Å². The van der Waals surface area contributed by atoms with Crippen molar-refractivity contribution in [1.82, 2.24) is 0 Å². The normalized spacial score (nSPS) is 17.2. The van der Waals surface area contributed by atoms with Crippen molar-refractivity contribution in [2.24, 2.45) is 0 Å². The van der Waals surface area contributed by atoms with E-state index in [1.165, 1.54) is 24.3 Å². The maximum atomic E-state index is 12.5. The van der Waals surface area contributed by atoms with Gasteiger partial charge >= 0.3 is 5.97 Å². The van der Waals surface area contributed by atoms with Crippen LogP contribution in [0.4, 0.5) is 11.4 Å². The van der Waals surface area contributed by atoms with Gasteiger partial charge in [0.2, 0.25) is 5.69 Å². The first-order valence-corrected chi connectivity index (χ1v) is 25.7. The van der Waals surface area contributed by atoms with Gasteiger partial charge in [0.15, 0.2) is 5.71 Å². The van der Waals surface area contributed by atoms with Gasteiger partial charge in [-0.05, 0) is 103 Å². The first kappa shape index (κ1) is 47.7. The quantitative estimate of drug-likeness (QED) is 0.0324. The van der Waals surface area contributed by atoms with Crippen LogP contribution in [0.3, 0.4) is 0 Å². The molecule has 2 aliphatic rings. The van der Waals surface area contributed by atoms with Gasteiger partial charge < -0.3 is 10.0 Å². The van der Waals surface area contributed by atoms with E-state index in [2.05, 4.69) is 0 Å². The Labute approximate surface area is 367 Å². The lowest BCUT2D eigenvalue weighted by Crippen LogP contribution is -2.28. The number of unbranched alkanes of at least 4 members (excludes halogenated alkanes) is 2.